The molecule has 2 amide bonds. The Bertz CT molecular complexity index is 476. The highest BCUT2D eigenvalue weighted by atomic mass is 35.5. The van der Waals surface area contributed by atoms with Crippen molar-refractivity contribution in [2.45, 2.75) is 6.42 Å². The summed E-state index contributed by atoms with van der Waals surface area (Å²) in [6, 6.07) is 4.33. The van der Waals surface area contributed by atoms with Crippen LogP contribution in [0.3, 0.4) is 0 Å². The van der Waals surface area contributed by atoms with Crippen molar-refractivity contribution in [1.29, 1.82) is 0 Å². The molecule has 2 rings (SSSR count). The van der Waals surface area contributed by atoms with Crippen LogP contribution in [0.15, 0.2) is 18.2 Å². The van der Waals surface area contributed by atoms with Crippen LogP contribution in [0.1, 0.15) is 16.8 Å². The van der Waals surface area contributed by atoms with Gasteiger partial charge in [-0.2, -0.15) is 0 Å². The maximum atomic E-state index is 11.6. The lowest BCUT2D eigenvalue weighted by molar-refractivity contribution is 0.0697. The Balaban J connectivity index is 2.35. The Morgan fingerprint density at radius 1 is 1.47 bits per heavy atom. The first kappa shape index (κ1) is 11.7. The minimum absolute atomic E-state index is 0.00235. The number of amides is 2. The van der Waals surface area contributed by atoms with Gasteiger partial charge in [-0.1, -0.05) is 11.6 Å². The van der Waals surface area contributed by atoms with Crippen LogP contribution in [0.25, 0.3) is 0 Å². The molecule has 0 aromatic heterocycles. The number of carboxylic acids is 1. The molecule has 1 fully saturated rings. The molecule has 1 saturated heterocycles. The molecular formula is C11H11ClN2O3. The Hall–Kier alpha value is -1.75. The predicted molar refractivity (Wildman–Crippen MR) is 63.8 cm³/mol. The van der Waals surface area contributed by atoms with Crippen molar-refractivity contribution in [3.05, 3.63) is 28.8 Å². The molecule has 90 valence electrons. The topological polar surface area (TPSA) is 69.6 Å². The Morgan fingerprint density at radius 2 is 2.24 bits per heavy atom. The molecule has 5 nitrogen and oxygen atoms in total. The predicted octanol–water partition coefficient (Wildman–Crippen LogP) is 1.96. The van der Waals surface area contributed by atoms with Crippen LogP contribution < -0.4 is 10.2 Å². The molecule has 1 aromatic carbocycles. The highest BCUT2D eigenvalue weighted by Gasteiger charge is 2.20. The number of carboxylic acid groups (broad SMARTS) is 1. The van der Waals surface area contributed by atoms with E-state index in [1.807, 2.05) is 0 Å². The number of nitrogens with zero attached hydrogens (tertiary/aromatic N) is 1. The number of hydrogen-bond donors (Lipinski definition) is 2. The van der Waals surface area contributed by atoms with Gasteiger partial charge in [0.05, 0.1) is 10.6 Å². The standard InChI is InChI=1S/C11H11ClN2O3/c12-9-3-2-7(6-8(9)10(15)16)14-5-1-4-13-11(14)17/h2-3,6H,1,4-5H2,(H,13,17)(H,15,16). The van der Waals surface area contributed by atoms with E-state index in [1.165, 1.54) is 17.0 Å². The van der Waals surface area contributed by atoms with Crippen LogP contribution in [0.4, 0.5) is 10.5 Å². The SMILES string of the molecule is O=C(O)c1cc(N2CCCNC2=O)ccc1Cl. The van der Waals surface area contributed by atoms with E-state index >= 15 is 0 Å². The maximum absolute atomic E-state index is 11.6. The van der Waals surface area contributed by atoms with Crippen LogP contribution in [0, 0.1) is 0 Å². The fraction of sp³-hybridized carbons (Fsp3) is 0.273. The van der Waals surface area contributed by atoms with Crippen molar-refractivity contribution < 1.29 is 14.7 Å². The number of nitrogens with one attached hydrogen (secondary N) is 1. The zero-order valence-electron chi connectivity index (χ0n) is 8.94. The summed E-state index contributed by atoms with van der Waals surface area (Å²) in [4.78, 5) is 24.0. The normalized spacial score (nSPS) is 15.6. The molecule has 1 aromatic rings. The summed E-state index contributed by atoms with van der Waals surface area (Å²) in [6.07, 6.45) is 0.830. The first-order valence-corrected chi connectivity index (χ1v) is 5.55. The van der Waals surface area contributed by atoms with E-state index in [9.17, 15) is 9.59 Å². The summed E-state index contributed by atoms with van der Waals surface area (Å²) < 4.78 is 0. The third kappa shape index (κ3) is 2.34. The number of hydrogen-bond acceptors (Lipinski definition) is 2. The largest absolute Gasteiger partial charge is 0.478 e. The molecule has 1 aliphatic heterocycles. The highest BCUT2D eigenvalue weighted by molar-refractivity contribution is 6.33. The molecule has 0 radical (unpaired) electrons. The van der Waals surface area contributed by atoms with Gasteiger partial charge in [-0.15, -0.1) is 0 Å². The number of carbonyl (C=O) groups is 2. The van der Waals surface area contributed by atoms with Crippen LogP contribution >= 0.6 is 11.6 Å². The van der Waals surface area contributed by atoms with Crippen LogP contribution in [-0.2, 0) is 0 Å². The number of benzene rings is 1. The number of carbonyl (C=O) groups excluding carboxylic acids is 1. The number of halogens is 1. The lowest BCUT2D eigenvalue weighted by Crippen LogP contribution is -2.46. The van der Waals surface area contributed by atoms with Gasteiger partial charge in [0.1, 0.15) is 0 Å². The molecule has 0 bridgehead atoms. The lowest BCUT2D eigenvalue weighted by atomic mass is 10.1. The van der Waals surface area contributed by atoms with E-state index in [1.54, 1.807) is 6.07 Å². The van der Waals surface area contributed by atoms with Gasteiger partial charge in [0.2, 0.25) is 0 Å². The first-order valence-electron chi connectivity index (χ1n) is 5.18. The third-order valence-corrected chi connectivity index (χ3v) is 2.90. The second-order valence-corrected chi connectivity index (χ2v) is 4.11. The van der Waals surface area contributed by atoms with Gasteiger partial charge in [-0.25, -0.2) is 9.59 Å². The fourth-order valence-corrected chi connectivity index (χ4v) is 1.92. The summed E-state index contributed by atoms with van der Waals surface area (Å²) in [5.74, 6) is -1.10. The molecule has 0 aliphatic carbocycles. The second kappa shape index (κ2) is 4.63. The quantitative estimate of drug-likeness (QED) is 0.848. The molecule has 0 saturated carbocycles. The Morgan fingerprint density at radius 3 is 2.88 bits per heavy atom. The molecule has 17 heavy (non-hydrogen) atoms. The molecule has 1 heterocycles. The van der Waals surface area contributed by atoms with E-state index in [4.69, 9.17) is 16.7 Å². The van der Waals surface area contributed by atoms with Crippen molar-refractivity contribution in [3.63, 3.8) is 0 Å². The molecule has 1 aliphatic rings. The van der Waals surface area contributed by atoms with Gasteiger partial charge in [0, 0.05) is 18.8 Å². The van der Waals surface area contributed by atoms with Gasteiger partial charge in [-0.3, -0.25) is 4.90 Å². The third-order valence-electron chi connectivity index (χ3n) is 2.57. The first-order chi connectivity index (χ1) is 8.09. The van der Waals surface area contributed by atoms with E-state index in [-0.39, 0.29) is 16.6 Å². The van der Waals surface area contributed by atoms with E-state index < -0.39 is 5.97 Å². The minimum atomic E-state index is -1.10. The molecule has 0 spiro atoms. The van der Waals surface area contributed by atoms with Crippen molar-refractivity contribution in [2.24, 2.45) is 0 Å². The number of rotatable bonds is 2. The van der Waals surface area contributed by atoms with E-state index in [0.29, 0.717) is 18.8 Å². The van der Waals surface area contributed by atoms with E-state index in [2.05, 4.69) is 5.32 Å². The van der Waals surface area contributed by atoms with Crippen LogP contribution in [0.5, 0.6) is 0 Å². The molecule has 2 N–H and O–H groups in total. The van der Waals surface area contributed by atoms with Gasteiger partial charge in [0.15, 0.2) is 0 Å². The number of aromatic carboxylic acids is 1. The van der Waals surface area contributed by atoms with Gasteiger partial charge in [0.25, 0.3) is 0 Å². The fourth-order valence-electron chi connectivity index (χ4n) is 1.72. The summed E-state index contributed by atoms with van der Waals surface area (Å²) in [7, 11) is 0. The van der Waals surface area contributed by atoms with Crippen molar-refractivity contribution in [1.82, 2.24) is 5.32 Å². The summed E-state index contributed by atoms with van der Waals surface area (Å²) in [6.45, 7) is 1.22. The highest BCUT2D eigenvalue weighted by Crippen LogP contribution is 2.24. The Labute approximate surface area is 103 Å². The average molecular weight is 255 g/mol. The zero-order chi connectivity index (χ0) is 12.4. The second-order valence-electron chi connectivity index (χ2n) is 3.71. The molecule has 0 atom stereocenters. The summed E-state index contributed by atoms with van der Waals surface area (Å²) in [5, 5.41) is 11.8. The van der Waals surface area contributed by atoms with Crippen molar-refractivity contribution in [2.75, 3.05) is 18.0 Å². The van der Waals surface area contributed by atoms with Crippen LogP contribution in [-0.4, -0.2) is 30.2 Å². The minimum Gasteiger partial charge on any atom is -0.478 e. The Kier molecular flexibility index (Phi) is 3.19. The zero-order valence-corrected chi connectivity index (χ0v) is 9.70. The number of urea groups is 1. The smallest absolute Gasteiger partial charge is 0.337 e. The summed E-state index contributed by atoms with van der Waals surface area (Å²) in [5.41, 5.74) is 0.548. The molecule has 6 heteroatoms. The van der Waals surface area contributed by atoms with Gasteiger partial charge in [-0.05, 0) is 24.6 Å². The number of anilines is 1. The van der Waals surface area contributed by atoms with Gasteiger partial charge < -0.3 is 10.4 Å². The van der Waals surface area contributed by atoms with Gasteiger partial charge >= 0.3 is 12.0 Å². The van der Waals surface area contributed by atoms with Crippen molar-refractivity contribution >= 4 is 29.3 Å². The lowest BCUT2D eigenvalue weighted by Gasteiger charge is -2.27. The van der Waals surface area contributed by atoms with E-state index in [0.717, 1.165) is 6.42 Å². The van der Waals surface area contributed by atoms with Crippen molar-refractivity contribution in [3.8, 4) is 0 Å². The van der Waals surface area contributed by atoms with Crippen LogP contribution in [0.2, 0.25) is 5.02 Å². The molecule has 0 unspecified atom stereocenters. The molecular weight excluding hydrogens is 244 g/mol. The summed E-state index contributed by atoms with van der Waals surface area (Å²) >= 11 is 5.77. The maximum Gasteiger partial charge on any atom is 0.337 e. The monoisotopic (exact) mass is 254 g/mol. The average Bonchev–Trinajstić information content (AvgIpc) is 2.30.